The number of aromatic nitrogens is 4. The molecule has 11 heteroatoms. The minimum absolute atomic E-state index is 0.0945. The number of nitrogens with zero attached hydrogens (tertiary/aromatic N) is 5. The van der Waals surface area contributed by atoms with E-state index >= 15 is 4.39 Å². The van der Waals surface area contributed by atoms with Crippen LogP contribution in [0.1, 0.15) is 11.3 Å². The van der Waals surface area contributed by atoms with Crippen molar-refractivity contribution in [1.29, 1.82) is 0 Å². The molecule has 6 heterocycles. The molecule has 194 valence electrons. The van der Waals surface area contributed by atoms with Crippen LogP contribution in [0.25, 0.3) is 21.9 Å². The predicted molar refractivity (Wildman–Crippen MR) is 141 cm³/mol. The van der Waals surface area contributed by atoms with Gasteiger partial charge in [-0.2, -0.15) is 5.10 Å². The normalized spacial score (nSPS) is 17.2. The Bertz CT molecular complexity index is 1580. The van der Waals surface area contributed by atoms with E-state index in [4.69, 9.17) is 4.74 Å². The Morgan fingerprint density at radius 1 is 1.08 bits per heavy atom. The van der Waals surface area contributed by atoms with Crippen LogP contribution in [0.4, 0.5) is 21.7 Å². The Hall–Kier alpha value is -4.25. The summed E-state index contributed by atoms with van der Waals surface area (Å²) >= 11 is 0. The van der Waals surface area contributed by atoms with Crippen molar-refractivity contribution in [3.8, 4) is 17.0 Å². The fraction of sp³-hybridized carbons (Fsp3) is 0.333. The van der Waals surface area contributed by atoms with Gasteiger partial charge in [0.05, 0.1) is 6.04 Å². The monoisotopic (exact) mass is 514 g/mol. The molecule has 0 saturated carbocycles. The number of nitrogens with one attached hydrogen (secondary N) is 3. The molecule has 7 rings (SSSR count). The zero-order valence-corrected chi connectivity index (χ0v) is 20.9. The molecule has 3 aliphatic rings. The zero-order chi connectivity index (χ0) is 25.8. The van der Waals surface area contributed by atoms with Gasteiger partial charge in [-0.05, 0) is 36.1 Å². The molecule has 3 aliphatic heterocycles. The lowest BCUT2D eigenvalue weighted by Crippen LogP contribution is -2.59. The summed E-state index contributed by atoms with van der Waals surface area (Å²) in [6.45, 7) is 5.81. The minimum atomic E-state index is -0.337. The predicted octanol–water partition coefficient (Wildman–Crippen LogP) is 2.85. The Labute approximate surface area is 218 Å². The fourth-order valence-corrected chi connectivity index (χ4v) is 5.38. The largest absolute Gasteiger partial charge is 0.474 e. The molecule has 0 spiro atoms. The third-order valence-corrected chi connectivity index (χ3v) is 7.58. The van der Waals surface area contributed by atoms with Crippen molar-refractivity contribution in [3.63, 3.8) is 0 Å². The Balaban J connectivity index is 1.16. The number of pyridine rings is 2. The molecule has 1 aromatic carbocycles. The lowest BCUT2D eigenvalue weighted by Gasteiger charge is -2.37. The van der Waals surface area contributed by atoms with Crippen molar-refractivity contribution in [2.24, 2.45) is 0 Å². The standard InChI is InChI=1S/C27H27FN8O2/c1-15-21(13-32-27-26(15)30-3-5-38-27)20-6-16-8-23(31-10-17(16)7-22(20)28)33-24-9-18-2-4-35(19-11-29-12-19)25(37)14-36(18)34-24/h6-10,13,19,29-30H,2-5,11-12,14H2,1H3,(H,31,33,34). The maximum absolute atomic E-state index is 15.2. The molecule has 3 N–H and O–H groups in total. The van der Waals surface area contributed by atoms with Crippen molar-refractivity contribution in [1.82, 2.24) is 30.0 Å². The van der Waals surface area contributed by atoms with Gasteiger partial charge in [-0.15, -0.1) is 0 Å². The van der Waals surface area contributed by atoms with Crippen molar-refractivity contribution in [2.45, 2.75) is 25.9 Å². The van der Waals surface area contributed by atoms with Crippen molar-refractivity contribution >= 4 is 34.0 Å². The molecule has 0 radical (unpaired) electrons. The Kier molecular flexibility index (Phi) is 5.39. The van der Waals surface area contributed by atoms with E-state index in [2.05, 4.69) is 31.0 Å². The van der Waals surface area contributed by atoms with E-state index in [9.17, 15) is 4.79 Å². The minimum Gasteiger partial charge on any atom is -0.474 e. The third-order valence-electron chi connectivity index (χ3n) is 7.58. The number of carbonyl (C=O) groups excluding carboxylic acids is 1. The highest BCUT2D eigenvalue weighted by Gasteiger charge is 2.31. The molecular formula is C27H27FN8O2. The number of anilines is 3. The first-order chi connectivity index (χ1) is 18.5. The first kappa shape index (κ1) is 22.9. The van der Waals surface area contributed by atoms with Crippen LogP contribution in [0.5, 0.6) is 5.88 Å². The van der Waals surface area contributed by atoms with Gasteiger partial charge in [0.1, 0.15) is 30.5 Å². The van der Waals surface area contributed by atoms with Gasteiger partial charge in [0.25, 0.3) is 0 Å². The van der Waals surface area contributed by atoms with Crippen LogP contribution in [0.3, 0.4) is 0 Å². The van der Waals surface area contributed by atoms with E-state index in [-0.39, 0.29) is 24.3 Å². The number of amides is 1. The average Bonchev–Trinajstić information content (AvgIpc) is 3.19. The van der Waals surface area contributed by atoms with E-state index in [1.807, 2.05) is 30.0 Å². The maximum Gasteiger partial charge on any atom is 0.244 e. The van der Waals surface area contributed by atoms with E-state index in [0.29, 0.717) is 53.7 Å². The van der Waals surface area contributed by atoms with E-state index in [0.717, 1.165) is 41.8 Å². The molecule has 1 fully saturated rings. The second-order valence-corrected chi connectivity index (χ2v) is 9.95. The van der Waals surface area contributed by atoms with Crippen LogP contribution in [0.2, 0.25) is 0 Å². The smallest absolute Gasteiger partial charge is 0.244 e. The summed E-state index contributed by atoms with van der Waals surface area (Å²) in [6.07, 6.45) is 4.06. The second-order valence-electron chi connectivity index (χ2n) is 9.95. The molecular weight excluding hydrogens is 487 g/mol. The van der Waals surface area contributed by atoms with Gasteiger partial charge in [-0.25, -0.2) is 14.4 Å². The quantitative estimate of drug-likeness (QED) is 0.382. The average molecular weight is 515 g/mol. The van der Waals surface area contributed by atoms with Gasteiger partial charge in [-0.1, -0.05) is 0 Å². The number of hydrogen-bond acceptors (Lipinski definition) is 8. The molecule has 38 heavy (non-hydrogen) atoms. The van der Waals surface area contributed by atoms with Gasteiger partial charge in [-0.3, -0.25) is 9.48 Å². The second kappa shape index (κ2) is 8.95. The van der Waals surface area contributed by atoms with Crippen molar-refractivity contribution < 1.29 is 13.9 Å². The van der Waals surface area contributed by atoms with Crippen molar-refractivity contribution in [2.75, 3.05) is 43.4 Å². The maximum atomic E-state index is 15.2. The summed E-state index contributed by atoms with van der Waals surface area (Å²) in [7, 11) is 0. The Morgan fingerprint density at radius 3 is 2.82 bits per heavy atom. The lowest BCUT2D eigenvalue weighted by molar-refractivity contribution is -0.134. The highest BCUT2D eigenvalue weighted by atomic mass is 19.1. The van der Waals surface area contributed by atoms with Gasteiger partial charge in [0.2, 0.25) is 11.8 Å². The third kappa shape index (κ3) is 3.90. The molecule has 10 nitrogen and oxygen atoms in total. The van der Waals surface area contributed by atoms with Gasteiger partial charge < -0.3 is 25.6 Å². The molecule has 0 bridgehead atoms. The van der Waals surface area contributed by atoms with E-state index in [1.54, 1.807) is 17.1 Å². The zero-order valence-electron chi connectivity index (χ0n) is 20.9. The first-order valence-electron chi connectivity index (χ1n) is 12.8. The lowest BCUT2D eigenvalue weighted by atomic mass is 9.98. The topological polar surface area (TPSA) is 109 Å². The van der Waals surface area contributed by atoms with Crippen molar-refractivity contribution in [3.05, 3.63) is 53.7 Å². The van der Waals surface area contributed by atoms with Gasteiger partial charge in [0, 0.05) is 73.3 Å². The first-order valence-corrected chi connectivity index (χ1v) is 12.8. The summed E-state index contributed by atoms with van der Waals surface area (Å²) in [4.78, 5) is 23.6. The molecule has 0 unspecified atom stereocenters. The molecule has 0 atom stereocenters. The Morgan fingerprint density at radius 2 is 1.97 bits per heavy atom. The number of hydrogen-bond donors (Lipinski definition) is 3. The van der Waals surface area contributed by atoms with Crippen LogP contribution < -0.4 is 20.7 Å². The fourth-order valence-electron chi connectivity index (χ4n) is 5.38. The summed E-state index contributed by atoms with van der Waals surface area (Å²) in [5.41, 5.74) is 3.88. The van der Waals surface area contributed by atoms with Gasteiger partial charge >= 0.3 is 0 Å². The number of fused-ring (bicyclic) bond motifs is 3. The summed E-state index contributed by atoms with van der Waals surface area (Å²) in [5.74, 6) is 1.52. The SMILES string of the molecule is Cc1c(-c2cc3cc(Nc4cc5n(n4)CC(=O)N(C4CNC4)CC5)ncc3cc2F)cnc2c1NCCO2. The highest BCUT2D eigenvalue weighted by molar-refractivity contribution is 5.90. The van der Waals surface area contributed by atoms with Crippen LogP contribution in [-0.4, -0.2) is 69.4 Å². The number of rotatable bonds is 4. The molecule has 1 amide bonds. The van der Waals surface area contributed by atoms with Crippen LogP contribution in [0.15, 0.2) is 36.7 Å². The molecule has 3 aromatic heterocycles. The number of halogens is 1. The number of benzene rings is 1. The highest BCUT2D eigenvalue weighted by Crippen LogP contribution is 2.37. The number of carbonyl (C=O) groups is 1. The van der Waals surface area contributed by atoms with Crippen LogP contribution in [-0.2, 0) is 17.8 Å². The van der Waals surface area contributed by atoms with Crippen LogP contribution in [0, 0.1) is 12.7 Å². The summed E-state index contributed by atoms with van der Waals surface area (Å²) < 4.78 is 22.6. The summed E-state index contributed by atoms with van der Waals surface area (Å²) in [5, 5.41) is 15.9. The summed E-state index contributed by atoms with van der Waals surface area (Å²) in [6, 6.07) is 7.45. The van der Waals surface area contributed by atoms with E-state index < -0.39 is 0 Å². The molecule has 4 aromatic rings. The number of ether oxygens (including phenoxy) is 1. The molecule has 0 aliphatic carbocycles. The van der Waals surface area contributed by atoms with Crippen LogP contribution >= 0.6 is 0 Å². The van der Waals surface area contributed by atoms with Gasteiger partial charge in [0.15, 0.2) is 5.82 Å². The molecule has 1 saturated heterocycles. The van der Waals surface area contributed by atoms with E-state index in [1.165, 1.54) is 6.07 Å².